The molecule has 0 radical (unpaired) electrons. The maximum atomic E-state index is 11.7. The Balaban J connectivity index is 2.83. The third-order valence-electron chi connectivity index (χ3n) is 6.26. The van der Waals surface area contributed by atoms with Gasteiger partial charge in [-0.15, -0.1) is 0 Å². The third kappa shape index (κ3) is 10.8. The van der Waals surface area contributed by atoms with E-state index in [1.165, 1.54) is 51.8 Å². The Hall–Kier alpha value is -1.24. The van der Waals surface area contributed by atoms with Crippen LogP contribution in [-0.4, -0.2) is 53.5 Å². The first-order chi connectivity index (χ1) is 15.0. The van der Waals surface area contributed by atoms with Crippen LogP contribution >= 0.6 is 0 Å². The number of carboxylic acid groups (broad SMARTS) is 1. The molecule has 31 heavy (non-hydrogen) atoms. The van der Waals surface area contributed by atoms with Crippen molar-refractivity contribution >= 4 is 30.7 Å². The second-order valence-electron chi connectivity index (χ2n) is 8.63. The quantitative estimate of drug-likeness (QED) is 0.128. The fourth-order valence-electron chi connectivity index (χ4n) is 4.41. The van der Waals surface area contributed by atoms with Gasteiger partial charge in [-0.2, -0.15) is 0 Å². The number of methoxy groups -OCH3 is 1. The van der Waals surface area contributed by atoms with Crippen LogP contribution in [0.3, 0.4) is 0 Å². The van der Waals surface area contributed by atoms with Crippen molar-refractivity contribution in [1.82, 2.24) is 5.32 Å². The van der Waals surface area contributed by atoms with Crippen molar-refractivity contribution in [2.45, 2.75) is 89.5 Å². The summed E-state index contributed by atoms with van der Waals surface area (Å²) in [6.45, 7) is 7.50. The second-order valence-corrected chi connectivity index (χ2v) is 22.7. The van der Waals surface area contributed by atoms with Crippen LogP contribution < -0.4 is 10.1 Å². The molecule has 0 aromatic heterocycles. The zero-order chi connectivity index (χ0) is 23.0. The average Bonchev–Trinajstić information content (AvgIpc) is 2.78. The van der Waals surface area contributed by atoms with E-state index in [0.717, 1.165) is 30.7 Å². The summed E-state index contributed by atoms with van der Waals surface area (Å²) in [6.07, 6.45) is 10.2. The van der Waals surface area contributed by atoms with Crippen molar-refractivity contribution in [1.29, 1.82) is 0 Å². The van der Waals surface area contributed by atoms with E-state index in [1.54, 1.807) is 7.11 Å². The molecule has 2 N–H and O–H groups in total. The summed E-state index contributed by atoms with van der Waals surface area (Å²) in [7, 11) is 1.66. The summed E-state index contributed by atoms with van der Waals surface area (Å²) in [4.78, 5) is 16.3. The van der Waals surface area contributed by atoms with Gasteiger partial charge >= 0.3 is 194 Å². The predicted octanol–water partition coefficient (Wildman–Crippen LogP) is 6.92. The normalized spacial score (nSPS) is 12.8. The molecule has 1 aromatic carbocycles. The van der Waals surface area contributed by atoms with Gasteiger partial charge in [-0.3, -0.25) is 0 Å². The first-order valence-electron chi connectivity index (χ1n) is 12.1. The maximum absolute atomic E-state index is 11.7. The van der Waals surface area contributed by atoms with E-state index in [1.807, 2.05) is 30.5 Å². The Morgan fingerprint density at radius 3 is 2.03 bits per heavy atom. The van der Waals surface area contributed by atoms with Crippen LogP contribution in [0.15, 0.2) is 29.3 Å². The van der Waals surface area contributed by atoms with E-state index in [0.29, 0.717) is 0 Å². The first-order valence-corrected chi connectivity index (χ1v) is 19.8. The Bertz CT molecular complexity index is 612. The molecule has 0 bridgehead atoms. The number of hydrogen-bond acceptors (Lipinski definition) is 3. The molecule has 0 fully saturated rings. The Kier molecular flexibility index (Phi) is 14.7. The summed E-state index contributed by atoms with van der Waals surface area (Å²) < 4.78 is 9.33. The minimum atomic E-state index is -2.66. The first kappa shape index (κ1) is 27.8. The molecule has 0 heterocycles. The van der Waals surface area contributed by atoms with E-state index < -0.39 is 24.5 Å². The van der Waals surface area contributed by atoms with Crippen LogP contribution in [-0.2, 0) is 0 Å². The van der Waals surface area contributed by atoms with Crippen molar-refractivity contribution < 1.29 is 14.6 Å². The van der Waals surface area contributed by atoms with Gasteiger partial charge in [0.25, 0.3) is 0 Å². The third-order valence-corrected chi connectivity index (χ3v) is 23.3. The van der Waals surface area contributed by atoms with Crippen molar-refractivity contribution in [2.75, 3.05) is 13.7 Å². The molecule has 0 aliphatic rings. The summed E-state index contributed by atoms with van der Waals surface area (Å²) in [5.74, 6) is 0.842. The zero-order valence-corrected chi connectivity index (χ0v) is 23.0. The average molecular weight is 539 g/mol. The molecule has 1 amide bonds. The number of unbranched alkanes of at least 4 members (excludes halogenated alkanes) is 3. The van der Waals surface area contributed by atoms with Crippen LogP contribution in [0.1, 0.15) is 77.7 Å². The number of aliphatic imine (C=N–C) groups is 1. The fourth-order valence-corrected chi connectivity index (χ4v) is 22.1. The van der Waals surface area contributed by atoms with Crippen LogP contribution in [0, 0.1) is 0 Å². The van der Waals surface area contributed by atoms with E-state index >= 15 is 0 Å². The monoisotopic (exact) mass is 540 g/mol. The minimum absolute atomic E-state index is 0.202. The van der Waals surface area contributed by atoms with Crippen molar-refractivity contribution in [3.05, 3.63) is 29.8 Å². The van der Waals surface area contributed by atoms with Gasteiger partial charge < -0.3 is 0 Å². The summed E-state index contributed by atoms with van der Waals surface area (Å²) in [5, 5.41) is 12.6. The van der Waals surface area contributed by atoms with Crippen LogP contribution in [0.2, 0.25) is 13.3 Å². The van der Waals surface area contributed by atoms with Gasteiger partial charge in [-0.1, -0.05) is 0 Å². The SMILES string of the molecule is CCC[CH2][Sn]([CH2]CCC)([CH2]CCC)[CH](CCCN=Cc1ccc(OC)cc1)NC(=O)O. The van der Waals surface area contributed by atoms with Crippen LogP contribution in [0.5, 0.6) is 5.75 Å². The molecule has 0 saturated heterocycles. The van der Waals surface area contributed by atoms with Gasteiger partial charge in [-0.25, -0.2) is 0 Å². The van der Waals surface area contributed by atoms with Gasteiger partial charge in [0, 0.05) is 0 Å². The molecular formula is C25H44N2O3Sn. The number of amides is 1. The number of benzene rings is 1. The number of hydrogen-bond donors (Lipinski definition) is 2. The molecule has 1 rings (SSSR count). The summed E-state index contributed by atoms with van der Waals surface area (Å²) in [6, 6.07) is 7.87. The molecule has 0 aliphatic carbocycles. The Labute approximate surface area is 193 Å². The van der Waals surface area contributed by atoms with Crippen molar-refractivity contribution in [2.24, 2.45) is 4.99 Å². The standard InChI is InChI=1S/C13H17N2O3.3C4H9.Sn/c1-18-12-6-4-11(5-7-12)10-14-8-2-3-9-15-13(16)17;3*1-3-4-2;/h4-7,9-10,15H,2-3,8H2,1H3,(H,16,17);3*1,3-4H2,2H3;. The van der Waals surface area contributed by atoms with E-state index in [9.17, 15) is 9.90 Å². The van der Waals surface area contributed by atoms with Gasteiger partial charge in [0.05, 0.1) is 0 Å². The van der Waals surface area contributed by atoms with Gasteiger partial charge in [0.1, 0.15) is 0 Å². The van der Waals surface area contributed by atoms with Crippen molar-refractivity contribution in [3.63, 3.8) is 0 Å². The van der Waals surface area contributed by atoms with Crippen LogP contribution in [0.4, 0.5) is 4.79 Å². The molecule has 5 nitrogen and oxygen atoms in total. The molecule has 0 saturated carbocycles. The number of ether oxygens (including phenoxy) is 1. The zero-order valence-electron chi connectivity index (χ0n) is 20.2. The summed E-state index contributed by atoms with van der Waals surface area (Å²) >= 11 is -2.66. The number of nitrogens with one attached hydrogen (secondary N) is 1. The Morgan fingerprint density at radius 1 is 1.03 bits per heavy atom. The molecule has 0 spiro atoms. The molecule has 1 unspecified atom stereocenters. The predicted molar refractivity (Wildman–Crippen MR) is 135 cm³/mol. The molecule has 6 heteroatoms. The van der Waals surface area contributed by atoms with E-state index in [-0.39, 0.29) is 4.06 Å². The molecule has 1 atom stereocenters. The number of rotatable bonds is 17. The van der Waals surface area contributed by atoms with Gasteiger partial charge in [0.2, 0.25) is 0 Å². The molecule has 1 aromatic rings. The molecule has 0 aliphatic heterocycles. The molecular weight excluding hydrogens is 495 g/mol. The Morgan fingerprint density at radius 2 is 1.58 bits per heavy atom. The summed E-state index contributed by atoms with van der Waals surface area (Å²) in [5.41, 5.74) is 1.06. The van der Waals surface area contributed by atoms with E-state index in [4.69, 9.17) is 4.74 Å². The fraction of sp³-hybridized carbons (Fsp3) is 0.680. The topological polar surface area (TPSA) is 70.9 Å². The second kappa shape index (κ2) is 16.4. The van der Waals surface area contributed by atoms with E-state index in [2.05, 4.69) is 31.1 Å². The van der Waals surface area contributed by atoms with Crippen LogP contribution in [0.25, 0.3) is 0 Å². The number of nitrogens with zero attached hydrogens (tertiary/aromatic N) is 1. The molecule has 176 valence electrons. The van der Waals surface area contributed by atoms with Gasteiger partial charge in [0.15, 0.2) is 0 Å². The van der Waals surface area contributed by atoms with Crippen molar-refractivity contribution in [3.8, 4) is 5.75 Å². The number of carbonyl (C=O) groups is 1. The van der Waals surface area contributed by atoms with Gasteiger partial charge in [-0.05, 0) is 0 Å².